The Hall–Kier alpha value is -3.32. The molecule has 0 spiro atoms. The number of fused-ring (bicyclic) bond motifs is 3. The Labute approximate surface area is 160 Å². The maximum Gasteiger partial charge on any atom is 0.0891 e. The molecule has 0 bridgehead atoms. The number of hydrogen-bond donors (Lipinski definition) is 1. The van der Waals surface area contributed by atoms with Crippen molar-refractivity contribution >= 4 is 0 Å². The molecule has 132 valence electrons. The highest BCUT2D eigenvalue weighted by Crippen LogP contribution is 2.56. The number of benzene rings is 3. The molecule has 27 heavy (non-hydrogen) atoms. The van der Waals surface area contributed by atoms with Gasteiger partial charge in [-0.15, -0.1) is 0 Å². The summed E-state index contributed by atoms with van der Waals surface area (Å²) >= 11 is 0. The van der Waals surface area contributed by atoms with Gasteiger partial charge in [0.1, 0.15) is 0 Å². The average molecular weight is 350 g/mol. The molecule has 1 aliphatic carbocycles. The summed E-state index contributed by atoms with van der Waals surface area (Å²) in [6.07, 6.45) is 5.63. The topological polar surface area (TPSA) is 20.2 Å². The van der Waals surface area contributed by atoms with Crippen LogP contribution in [0.15, 0.2) is 115 Å². The van der Waals surface area contributed by atoms with Crippen LogP contribution in [-0.4, -0.2) is 5.11 Å². The van der Waals surface area contributed by atoms with Crippen LogP contribution in [0.1, 0.15) is 23.6 Å². The quantitative estimate of drug-likeness (QED) is 0.416. The maximum atomic E-state index is 9.77. The minimum Gasteiger partial charge on any atom is -0.513 e. The van der Waals surface area contributed by atoms with E-state index in [2.05, 4.69) is 79.4 Å². The predicted molar refractivity (Wildman–Crippen MR) is 113 cm³/mol. The van der Waals surface area contributed by atoms with Gasteiger partial charge in [0.25, 0.3) is 0 Å². The molecular weight excluding hydrogens is 328 g/mol. The molecule has 0 atom stereocenters. The zero-order chi connectivity index (χ0) is 18.9. The molecule has 0 radical (unpaired) electrons. The van der Waals surface area contributed by atoms with Crippen LogP contribution in [0.25, 0.3) is 11.1 Å². The molecule has 0 heterocycles. The van der Waals surface area contributed by atoms with Gasteiger partial charge in [-0.1, -0.05) is 97.6 Å². The Morgan fingerprint density at radius 3 is 1.81 bits per heavy atom. The van der Waals surface area contributed by atoms with Crippen molar-refractivity contribution in [3.63, 3.8) is 0 Å². The molecule has 1 heteroatoms. The molecule has 1 aliphatic rings. The molecule has 0 fully saturated rings. The van der Waals surface area contributed by atoms with Crippen LogP contribution in [0.4, 0.5) is 0 Å². The van der Waals surface area contributed by atoms with Crippen LogP contribution in [0.2, 0.25) is 0 Å². The molecule has 0 unspecified atom stereocenters. The molecule has 3 aromatic carbocycles. The van der Waals surface area contributed by atoms with Gasteiger partial charge in [0, 0.05) is 0 Å². The first-order valence-electron chi connectivity index (χ1n) is 9.15. The lowest BCUT2D eigenvalue weighted by molar-refractivity contribution is 0.414. The second-order valence-electron chi connectivity index (χ2n) is 6.84. The van der Waals surface area contributed by atoms with E-state index in [1.807, 2.05) is 18.2 Å². The maximum absolute atomic E-state index is 9.77. The first-order valence-corrected chi connectivity index (χ1v) is 9.15. The first kappa shape index (κ1) is 17.1. The lowest BCUT2D eigenvalue weighted by Crippen LogP contribution is -2.28. The van der Waals surface area contributed by atoms with Crippen molar-refractivity contribution < 1.29 is 5.11 Å². The molecular formula is C26H22O. The van der Waals surface area contributed by atoms with Crippen LogP contribution < -0.4 is 0 Å². The van der Waals surface area contributed by atoms with E-state index in [4.69, 9.17) is 0 Å². The molecule has 4 rings (SSSR count). The molecule has 0 aromatic heterocycles. The van der Waals surface area contributed by atoms with Gasteiger partial charge >= 0.3 is 0 Å². The summed E-state index contributed by atoms with van der Waals surface area (Å²) in [6, 6.07) is 27.7. The first-order chi connectivity index (χ1) is 13.2. The standard InChI is InChI=1S/C26H22O/c1-3-20(18-17-19(2)27)26(21-11-5-4-6-12-21)24-15-9-7-13-22(24)23-14-8-10-16-25(23)26/h3-18,27H,1H2,2H3/b19-17+,20-18+. The van der Waals surface area contributed by atoms with E-state index in [0.717, 1.165) is 5.57 Å². The smallest absolute Gasteiger partial charge is 0.0891 e. The monoisotopic (exact) mass is 350 g/mol. The fraction of sp³-hybridized carbons (Fsp3) is 0.0769. The Morgan fingerprint density at radius 1 is 0.778 bits per heavy atom. The lowest BCUT2D eigenvalue weighted by Gasteiger charge is -2.34. The number of allylic oxidation sites excluding steroid dienone is 5. The van der Waals surface area contributed by atoms with E-state index in [0.29, 0.717) is 0 Å². The predicted octanol–water partition coefficient (Wildman–Crippen LogP) is 6.58. The molecule has 0 saturated carbocycles. The number of aliphatic hydroxyl groups is 1. The number of hydrogen-bond acceptors (Lipinski definition) is 1. The van der Waals surface area contributed by atoms with Gasteiger partial charge in [-0.3, -0.25) is 0 Å². The largest absolute Gasteiger partial charge is 0.513 e. The summed E-state index contributed by atoms with van der Waals surface area (Å²) in [4.78, 5) is 0. The fourth-order valence-electron chi connectivity index (χ4n) is 4.27. The fourth-order valence-corrected chi connectivity index (χ4v) is 4.27. The third kappa shape index (κ3) is 2.55. The SMILES string of the molecule is C=C/C(=C\C=C(/C)O)C1(c2ccccc2)c2ccccc2-c2ccccc21. The van der Waals surface area contributed by atoms with Gasteiger partial charge in [-0.2, -0.15) is 0 Å². The summed E-state index contributed by atoms with van der Waals surface area (Å²) in [6.45, 7) is 5.80. The highest BCUT2D eigenvalue weighted by Gasteiger charge is 2.46. The Morgan fingerprint density at radius 2 is 1.30 bits per heavy atom. The summed E-state index contributed by atoms with van der Waals surface area (Å²) in [5.41, 5.74) is 6.75. The molecule has 3 aromatic rings. The summed E-state index contributed by atoms with van der Waals surface area (Å²) in [5.74, 6) is 0.275. The lowest BCUT2D eigenvalue weighted by atomic mass is 9.67. The molecule has 1 N–H and O–H groups in total. The van der Waals surface area contributed by atoms with Crippen LogP contribution in [0.5, 0.6) is 0 Å². The summed E-state index contributed by atoms with van der Waals surface area (Å²) in [7, 11) is 0. The van der Waals surface area contributed by atoms with E-state index < -0.39 is 5.41 Å². The van der Waals surface area contributed by atoms with Crippen molar-refractivity contribution in [2.24, 2.45) is 0 Å². The normalized spacial score (nSPS) is 15.1. The van der Waals surface area contributed by atoms with Crippen molar-refractivity contribution in [3.05, 3.63) is 132 Å². The second kappa shape index (κ2) is 6.77. The number of aliphatic hydroxyl groups excluding tert-OH is 1. The van der Waals surface area contributed by atoms with Crippen molar-refractivity contribution in [1.29, 1.82) is 0 Å². The van der Waals surface area contributed by atoms with Gasteiger partial charge < -0.3 is 5.11 Å². The van der Waals surface area contributed by atoms with Crippen LogP contribution >= 0.6 is 0 Å². The van der Waals surface area contributed by atoms with Crippen LogP contribution in [-0.2, 0) is 5.41 Å². The summed E-state index contributed by atoms with van der Waals surface area (Å²) in [5, 5.41) is 9.77. The van der Waals surface area contributed by atoms with Crippen LogP contribution in [0.3, 0.4) is 0 Å². The van der Waals surface area contributed by atoms with Gasteiger partial charge in [0.15, 0.2) is 0 Å². The van der Waals surface area contributed by atoms with E-state index in [1.54, 1.807) is 13.0 Å². The highest BCUT2D eigenvalue weighted by molar-refractivity contribution is 5.86. The molecule has 0 saturated heterocycles. The third-order valence-electron chi connectivity index (χ3n) is 5.32. The van der Waals surface area contributed by atoms with Gasteiger partial charge in [0.05, 0.1) is 11.2 Å². The van der Waals surface area contributed by atoms with Crippen molar-refractivity contribution in [2.45, 2.75) is 12.3 Å². The Bertz CT molecular complexity index is 1000. The van der Waals surface area contributed by atoms with Crippen molar-refractivity contribution in [2.75, 3.05) is 0 Å². The van der Waals surface area contributed by atoms with E-state index in [-0.39, 0.29) is 5.76 Å². The number of rotatable bonds is 4. The van der Waals surface area contributed by atoms with Gasteiger partial charge in [-0.05, 0) is 46.4 Å². The van der Waals surface area contributed by atoms with E-state index in [1.165, 1.54) is 27.8 Å². The molecule has 1 nitrogen and oxygen atoms in total. The van der Waals surface area contributed by atoms with Crippen LogP contribution in [0, 0.1) is 0 Å². The highest BCUT2D eigenvalue weighted by atomic mass is 16.3. The molecule has 0 amide bonds. The zero-order valence-electron chi connectivity index (χ0n) is 15.4. The van der Waals surface area contributed by atoms with E-state index >= 15 is 0 Å². The minimum atomic E-state index is -0.456. The third-order valence-corrected chi connectivity index (χ3v) is 5.32. The minimum absolute atomic E-state index is 0.275. The summed E-state index contributed by atoms with van der Waals surface area (Å²) < 4.78 is 0. The van der Waals surface area contributed by atoms with E-state index in [9.17, 15) is 5.11 Å². The molecule has 0 aliphatic heterocycles. The van der Waals surface area contributed by atoms with Gasteiger partial charge in [-0.25, -0.2) is 0 Å². The Kier molecular flexibility index (Phi) is 4.29. The zero-order valence-corrected chi connectivity index (χ0v) is 15.4. The van der Waals surface area contributed by atoms with Gasteiger partial charge in [0.2, 0.25) is 0 Å². The Balaban J connectivity index is 2.17. The second-order valence-corrected chi connectivity index (χ2v) is 6.84. The average Bonchev–Trinajstić information content (AvgIpc) is 3.01. The van der Waals surface area contributed by atoms with Crippen molar-refractivity contribution in [1.82, 2.24) is 0 Å². The van der Waals surface area contributed by atoms with Crippen molar-refractivity contribution in [3.8, 4) is 11.1 Å².